The van der Waals surface area contributed by atoms with Crippen LogP contribution in [0.1, 0.15) is 39.0 Å². The first-order chi connectivity index (χ1) is 8.71. The van der Waals surface area contributed by atoms with Gasteiger partial charge < -0.3 is 15.2 Å². The second-order valence-corrected chi connectivity index (χ2v) is 6.43. The lowest BCUT2D eigenvalue weighted by Crippen LogP contribution is -2.51. The van der Waals surface area contributed by atoms with Crippen molar-refractivity contribution in [2.75, 3.05) is 26.3 Å². The molecule has 3 fully saturated rings. The molecule has 3 rings (SSSR count). The Balaban J connectivity index is 1.58. The predicted molar refractivity (Wildman–Crippen MR) is 70.6 cm³/mol. The van der Waals surface area contributed by atoms with E-state index in [1.165, 1.54) is 19.3 Å². The lowest BCUT2D eigenvalue weighted by Gasteiger charge is -2.37. The summed E-state index contributed by atoms with van der Waals surface area (Å²) >= 11 is 0. The van der Waals surface area contributed by atoms with Crippen molar-refractivity contribution in [1.29, 1.82) is 0 Å². The third-order valence-electron chi connectivity index (χ3n) is 4.76. The van der Waals surface area contributed by atoms with Crippen LogP contribution >= 0.6 is 0 Å². The Morgan fingerprint density at radius 3 is 2.89 bits per heavy atom. The quantitative estimate of drug-likeness (QED) is 0.777. The minimum Gasteiger partial charge on any atom is -0.394 e. The molecule has 2 saturated carbocycles. The number of aliphatic hydroxyl groups excluding tert-OH is 1. The first-order valence-corrected chi connectivity index (χ1v) is 7.45. The lowest BCUT2D eigenvalue weighted by atomic mass is 9.98. The summed E-state index contributed by atoms with van der Waals surface area (Å²) in [5.41, 5.74) is 0.00732. The minimum absolute atomic E-state index is 0.00732. The van der Waals surface area contributed by atoms with Crippen molar-refractivity contribution < 1.29 is 9.84 Å². The van der Waals surface area contributed by atoms with E-state index in [1.54, 1.807) is 0 Å². The highest BCUT2D eigenvalue weighted by Crippen LogP contribution is 2.36. The molecule has 0 aromatic carbocycles. The van der Waals surface area contributed by atoms with Gasteiger partial charge in [0.25, 0.3) is 0 Å². The molecule has 0 spiro atoms. The van der Waals surface area contributed by atoms with Crippen LogP contribution in [0.25, 0.3) is 0 Å². The van der Waals surface area contributed by atoms with Crippen molar-refractivity contribution in [3.05, 3.63) is 0 Å². The fourth-order valence-electron chi connectivity index (χ4n) is 3.57. The second kappa shape index (κ2) is 5.08. The molecule has 0 radical (unpaired) electrons. The standard InChI is InChI=1S/C14H26N2O2/c1-11-9-16(6-7-18-11)13-4-5-14(8-13,10-17)15-12-2-3-12/h11-13,15,17H,2-10H2,1H3. The Kier molecular flexibility index (Phi) is 3.63. The highest BCUT2D eigenvalue weighted by Gasteiger charge is 2.44. The molecule has 4 nitrogen and oxygen atoms in total. The van der Waals surface area contributed by atoms with Gasteiger partial charge in [-0.3, -0.25) is 4.90 Å². The Labute approximate surface area is 110 Å². The molecule has 3 atom stereocenters. The molecule has 104 valence electrons. The van der Waals surface area contributed by atoms with E-state index in [0.29, 0.717) is 24.8 Å². The van der Waals surface area contributed by atoms with Gasteiger partial charge in [-0.15, -0.1) is 0 Å². The molecule has 2 N–H and O–H groups in total. The molecule has 1 heterocycles. The number of aliphatic hydroxyl groups is 1. The van der Waals surface area contributed by atoms with E-state index in [9.17, 15) is 5.11 Å². The molecular weight excluding hydrogens is 228 g/mol. The van der Waals surface area contributed by atoms with Crippen LogP contribution in [0.15, 0.2) is 0 Å². The summed E-state index contributed by atoms with van der Waals surface area (Å²) in [6.45, 7) is 5.41. The molecule has 0 aromatic rings. The van der Waals surface area contributed by atoms with Crippen LogP contribution in [0, 0.1) is 0 Å². The van der Waals surface area contributed by atoms with Crippen LogP contribution in [0.3, 0.4) is 0 Å². The average Bonchev–Trinajstić information content (AvgIpc) is 3.07. The van der Waals surface area contributed by atoms with Gasteiger partial charge in [-0.25, -0.2) is 0 Å². The predicted octanol–water partition coefficient (Wildman–Crippen LogP) is 0.743. The molecule has 0 amide bonds. The fourth-order valence-corrected chi connectivity index (χ4v) is 3.57. The molecule has 1 saturated heterocycles. The normalized spacial score (nSPS) is 42.3. The minimum atomic E-state index is 0.00732. The molecule has 3 aliphatic rings. The second-order valence-electron chi connectivity index (χ2n) is 6.43. The van der Waals surface area contributed by atoms with Crippen molar-refractivity contribution >= 4 is 0 Å². The average molecular weight is 254 g/mol. The third-order valence-corrected chi connectivity index (χ3v) is 4.76. The number of hydrogen-bond donors (Lipinski definition) is 2. The number of nitrogens with zero attached hydrogens (tertiary/aromatic N) is 1. The zero-order chi connectivity index (χ0) is 12.6. The maximum Gasteiger partial charge on any atom is 0.0674 e. The van der Waals surface area contributed by atoms with Gasteiger partial charge in [0.2, 0.25) is 0 Å². The Bertz CT molecular complexity index is 296. The zero-order valence-electron chi connectivity index (χ0n) is 11.4. The SMILES string of the molecule is CC1CN(C2CCC(CO)(NC3CC3)C2)CCO1. The van der Waals surface area contributed by atoms with Crippen molar-refractivity contribution in [2.24, 2.45) is 0 Å². The van der Waals surface area contributed by atoms with Gasteiger partial charge in [-0.2, -0.15) is 0 Å². The van der Waals surface area contributed by atoms with Crippen molar-refractivity contribution in [2.45, 2.75) is 62.8 Å². The van der Waals surface area contributed by atoms with E-state index < -0.39 is 0 Å². The molecule has 0 aromatic heterocycles. The van der Waals surface area contributed by atoms with E-state index >= 15 is 0 Å². The van der Waals surface area contributed by atoms with Crippen LogP contribution in [-0.2, 0) is 4.74 Å². The maximum absolute atomic E-state index is 9.76. The molecular formula is C14H26N2O2. The van der Waals surface area contributed by atoms with Crippen molar-refractivity contribution in [1.82, 2.24) is 10.2 Å². The number of morpholine rings is 1. The van der Waals surface area contributed by atoms with E-state index in [2.05, 4.69) is 17.1 Å². The van der Waals surface area contributed by atoms with Gasteiger partial charge in [-0.1, -0.05) is 0 Å². The van der Waals surface area contributed by atoms with Crippen LogP contribution in [0.5, 0.6) is 0 Å². The van der Waals surface area contributed by atoms with Crippen LogP contribution in [0.2, 0.25) is 0 Å². The third kappa shape index (κ3) is 2.72. The van der Waals surface area contributed by atoms with Crippen molar-refractivity contribution in [3.63, 3.8) is 0 Å². The monoisotopic (exact) mass is 254 g/mol. The van der Waals surface area contributed by atoms with Crippen LogP contribution in [0.4, 0.5) is 0 Å². The highest BCUT2D eigenvalue weighted by molar-refractivity contribution is 5.03. The summed E-state index contributed by atoms with van der Waals surface area (Å²) in [6.07, 6.45) is 6.39. The summed E-state index contributed by atoms with van der Waals surface area (Å²) in [6, 6.07) is 1.31. The smallest absolute Gasteiger partial charge is 0.0674 e. The van der Waals surface area contributed by atoms with Crippen LogP contribution < -0.4 is 5.32 Å². The molecule has 0 bridgehead atoms. The highest BCUT2D eigenvalue weighted by atomic mass is 16.5. The Morgan fingerprint density at radius 2 is 2.22 bits per heavy atom. The number of hydrogen-bond acceptors (Lipinski definition) is 4. The Morgan fingerprint density at radius 1 is 1.39 bits per heavy atom. The molecule has 18 heavy (non-hydrogen) atoms. The first-order valence-electron chi connectivity index (χ1n) is 7.45. The molecule has 1 aliphatic heterocycles. The van der Waals surface area contributed by atoms with Gasteiger partial charge in [0, 0.05) is 30.7 Å². The number of rotatable bonds is 4. The lowest BCUT2D eigenvalue weighted by molar-refractivity contribution is -0.0345. The topological polar surface area (TPSA) is 44.7 Å². The summed E-state index contributed by atoms with van der Waals surface area (Å²) in [7, 11) is 0. The summed E-state index contributed by atoms with van der Waals surface area (Å²) in [5.74, 6) is 0. The van der Waals surface area contributed by atoms with E-state index in [0.717, 1.165) is 32.5 Å². The van der Waals surface area contributed by atoms with Gasteiger partial charge in [0.1, 0.15) is 0 Å². The van der Waals surface area contributed by atoms with Gasteiger partial charge in [0.15, 0.2) is 0 Å². The number of nitrogens with one attached hydrogen (secondary N) is 1. The maximum atomic E-state index is 9.76. The summed E-state index contributed by atoms with van der Waals surface area (Å²) < 4.78 is 5.61. The largest absolute Gasteiger partial charge is 0.394 e. The molecule has 3 unspecified atom stereocenters. The van der Waals surface area contributed by atoms with E-state index in [4.69, 9.17) is 4.74 Å². The summed E-state index contributed by atoms with van der Waals surface area (Å²) in [4.78, 5) is 2.57. The zero-order valence-corrected chi connectivity index (χ0v) is 11.4. The molecule has 2 aliphatic carbocycles. The molecule has 4 heteroatoms. The van der Waals surface area contributed by atoms with E-state index in [1.807, 2.05) is 0 Å². The van der Waals surface area contributed by atoms with Gasteiger partial charge in [0.05, 0.1) is 19.3 Å². The van der Waals surface area contributed by atoms with Crippen molar-refractivity contribution in [3.8, 4) is 0 Å². The fraction of sp³-hybridized carbons (Fsp3) is 1.00. The van der Waals surface area contributed by atoms with Gasteiger partial charge >= 0.3 is 0 Å². The summed E-state index contributed by atoms with van der Waals surface area (Å²) in [5, 5.41) is 13.4. The van der Waals surface area contributed by atoms with E-state index in [-0.39, 0.29) is 5.54 Å². The van der Waals surface area contributed by atoms with Gasteiger partial charge in [-0.05, 0) is 39.0 Å². The Hall–Kier alpha value is -0.160. The van der Waals surface area contributed by atoms with Crippen LogP contribution in [-0.4, -0.2) is 60.0 Å². The first kappa shape index (κ1) is 12.9. The number of ether oxygens (including phenoxy) is 1.